The number of aromatic nitrogens is 4. The monoisotopic (exact) mass is 388 g/mol. The van der Waals surface area contributed by atoms with E-state index in [1.54, 1.807) is 28.2 Å². The standard InChI is InChI=1S/C17H16N4O3S2/c1-2-12-7-13-15(26-12)18-17(25-9-10-6-14(22)20-19-10)21(16(13)23)8-11-4-3-5-24-11/h3-7H,2,8-9H2,1H3,(H2,19,20,22). The molecule has 4 rings (SSSR count). The third-order valence-corrected chi connectivity index (χ3v) is 6.12. The smallest absolute Gasteiger partial charge is 0.264 e. The second-order valence-electron chi connectivity index (χ2n) is 5.72. The van der Waals surface area contributed by atoms with Gasteiger partial charge in [-0.05, 0) is 24.6 Å². The summed E-state index contributed by atoms with van der Waals surface area (Å²) in [6.45, 7) is 2.38. The Morgan fingerprint density at radius 1 is 1.31 bits per heavy atom. The molecule has 0 bridgehead atoms. The first kappa shape index (κ1) is 16.9. The number of nitrogens with one attached hydrogen (secondary N) is 2. The van der Waals surface area contributed by atoms with Crippen molar-refractivity contribution in [1.29, 1.82) is 0 Å². The maximum Gasteiger partial charge on any atom is 0.264 e. The molecule has 0 atom stereocenters. The molecule has 0 aliphatic heterocycles. The minimum Gasteiger partial charge on any atom is -0.467 e. The van der Waals surface area contributed by atoms with E-state index >= 15 is 0 Å². The second kappa shape index (κ2) is 7.00. The minimum absolute atomic E-state index is 0.0765. The Hall–Kier alpha value is -2.52. The number of fused-ring (bicyclic) bond motifs is 1. The largest absolute Gasteiger partial charge is 0.467 e. The van der Waals surface area contributed by atoms with Crippen LogP contribution in [0, 0.1) is 0 Å². The molecule has 0 fully saturated rings. The first-order chi connectivity index (χ1) is 12.6. The number of thioether (sulfide) groups is 1. The van der Waals surface area contributed by atoms with E-state index in [2.05, 4.69) is 17.1 Å². The number of hydrogen-bond donors (Lipinski definition) is 2. The van der Waals surface area contributed by atoms with Gasteiger partial charge < -0.3 is 9.52 Å². The highest BCUT2D eigenvalue weighted by Crippen LogP contribution is 2.26. The summed E-state index contributed by atoms with van der Waals surface area (Å²) in [7, 11) is 0. The highest BCUT2D eigenvalue weighted by molar-refractivity contribution is 7.98. The van der Waals surface area contributed by atoms with Crippen LogP contribution in [-0.4, -0.2) is 19.7 Å². The van der Waals surface area contributed by atoms with E-state index in [4.69, 9.17) is 9.40 Å². The van der Waals surface area contributed by atoms with Gasteiger partial charge in [0.25, 0.3) is 11.1 Å². The number of furan rings is 1. The van der Waals surface area contributed by atoms with Crippen molar-refractivity contribution in [2.24, 2.45) is 0 Å². The Balaban J connectivity index is 1.76. The van der Waals surface area contributed by atoms with Crippen LogP contribution in [0.2, 0.25) is 0 Å². The summed E-state index contributed by atoms with van der Waals surface area (Å²) in [6.07, 6.45) is 2.45. The van der Waals surface area contributed by atoms with E-state index in [1.807, 2.05) is 12.1 Å². The number of rotatable bonds is 6. The van der Waals surface area contributed by atoms with Crippen molar-refractivity contribution in [3.05, 3.63) is 67.6 Å². The number of thiophene rings is 1. The number of aryl methyl sites for hydroxylation is 1. The van der Waals surface area contributed by atoms with E-state index < -0.39 is 0 Å². The van der Waals surface area contributed by atoms with Gasteiger partial charge in [-0.25, -0.2) is 4.98 Å². The lowest BCUT2D eigenvalue weighted by molar-refractivity contribution is 0.477. The van der Waals surface area contributed by atoms with Crippen molar-refractivity contribution in [2.45, 2.75) is 30.8 Å². The SMILES string of the molecule is CCc1cc2c(=O)n(Cc3ccco3)c(SCc3cc(=O)[nH][nH]3)nc2s1. The van der Waals surface area contributed by atoms with Crippen LogP contribution >= 0.6 is 23.1 Å². The predicted octanol–water partition coefficient (Wildman–Crippen LogP) is 2.97. The summed E-state index contributed by atoms with van der Waals surface area (Å²) in [4.78, 5) is 30.9. The molecule has 0 aliphatic rings. The van der Waals surface area contributed by atoms with Crippen molar-refractivity contribution in [1.82, 2.24) is 19.7 Å². The van der Waals surface area contributed by atoms with Gasteiger partial charge in [-0.3, -0.25) is 19.3 Å². The molecule has 0 radical (unpaired) electrons. The summed E-state index contributed by atoms with van der Waals surface area (Å²) in [6, 6.07) is 7.05. The molecular weight excluding hydrogens is 372 g/mol. The lowest BCUT2D eigenvalue weighted by Crippen LogP contribution is -2.23. The molecule has 0 aromatic carbocycles. The molecule has 4 aromatic heterocycles. The molecule has 134 valence electrons. The first-order valence-electron chi connectivity index (χ1n) is 8.09. The molecule has 0 spiro atoms. The second-order valence-corrected chi connectivity index (χ2v) is 7.78. The molecule has 0 amide bonds. The zero-order chi connectivity index (χ0) is 18.1. The maximum absolute atomic E-state index is 13.0. The van der Waals surface area contributed by atoms with Gasteiger partial charge in [-0.1, -0.05) is 18.7 Å². The third-order valence-electron chi connectivity index (χ3n) is 3.92. The van der Waals surface area contributed by atoms with Gasteiger partial charge in [0.15, 0.2) is 5.16 Å². The third kappa shape index (κ3) is 3.27. The maximum atomic E-state index is 13.0. The van der Waals surface area contributed by atoms with Crippen LogP contribution in [-0.2, 0) is 18.7 Å². The van der Waals surface area contributed by atoms with Crippen molar-refractivity contribution in [3.63, 3.8) is 0 Å². The Labute approximate surface area is 156 Å². The van der Waals surface area contributed by atoms with Crippen LogP contribution in [0.15, 0.2) is 49.7 Å². The van der Waals surface area contributed by atoms with Crippen LogP contribution in [0.4, 0.5) is 0 Å². The number of hydrogen-bond acceptors (Lipinski definition) is 6. The van der Waals surface area contributed by atoms with Gasteiger partial charge in [0, 0.05) is 22.4 Å². The van der Waals surface area contributed by atoms with Crippen molar-refractivity contribution in [2.75, 3.05) is 0 Å². The fourth-order valence-corrected chi connectivity index (χ4v) is 4.54. The summed E-state index contributed by atoms with van der Waals surface area (Å²) in [5, 5.41) is 6.57. The van der Waals surface area contributed by atoms with E-state index in [1.165, 1.54) is 17.8 Å². The fourth-order valence-electron chi connectivity index (χ4n) is 2.62. The average molecular weight is 388 g/mol. The van der Waals surface area contributed by atoms with E-state index in [-0.39, 0.29) is 11.1 Å². The van der Waals surface area contributed by atoms with Gasteiger partial charge >= 0.3 is 0 Å². The molecule has 7 nitrogen and oxygen atoms in total. The number of aromatic amines is 2. The molecule has 4 aromatic rings. The molecule has 0 unspecified atom stereocenters. The summed E-state index contributed by atoms with van der Waals surface area (Å²) < 4.78 is 7.03. The highest BCUT2D eigenvalue weighted by Gasteiger charge is 2.16. The molecule has 4 heterocycles. The zero-order valence-corrected chi connectivity index (χ0v) is 15.6. The first-order valence-corrected chi connectivity index (χ1v) is 9.89. The summed E-state index contributed by atoms with van der Waals surface area (Å²) >= 11 is 2.95. The fraction of sp³-hybridized carbons (Fsp3) is 0.235. The van der Waals surface area contributed by atoms with Gasteiger partial charge in [0.2, 0.25) is 0 Å². The highest BCUT2D eigenvalue weighted by atomic mass is 32.2. The minimum atomic E-state index is -0.178. The Bertz CT molecular complexity index is 1150. The molecule has 0 aliphatic carbocycles. The van der Waals surface area contributed by atoms with Crippen LogP contribution in [0.25, 0.3) is 10.2 Å². The number of H-pyrrole nitrogens is 2. The lowest BCUT2D eigenvalue weighted by atomic mass is 10.3. The van der Waals surface area contributed by atoms with Crippen molar-refractivity contribution < 1.29 is 4.42 Å². The van der Waals surface area contributed by atoms with Gasteiger partial charge in [-0.2, -0.15) is 0 Å². The quantitative estimate of drug-likeness (QED) is 0.391. The van der Waals surface area contributed by atoms with E-state index in [9.17, 15) is 9.59 Å². The summed E-state index contributed by atoms with van der Waals surface area (Å²) in [5.74, 6) is 1.19. The van der Waals surface area contributed by atoms with E-state index in [0.717, 1.165) is 21.8 Å². The predicted molar refractivity (Wildman–Crippen MR) is 102 cm³/mol. The average Bonchev–Trinajstić information content (AvgIpc) is 3.36. The Morgan fingerprint density at radius 2 is 2.19 bits per heavy atom. The van der Waals surface area contributed by atoms with E-state index in [0.29, 0.717) is 28.6 Å². The molecule has 0 saturated heterocycles. The normalized spacial score (nSPS) is 11.4. The molecule has 2 N–H and O–H groups in total. The van der Waals surface area contributed by atoms with Crippen molar-refractivity contribution >= 4 is 33.3 Å². The molecule has 26 heavy (non-hydrogen) atoms. The van der Waals surface area contributed by atoms with Crippen LogP contribution in [0.3, 0.4) is 0 Å². The Morgan fingerprint density at radius 3 is 2.88 bits per heavy atom. The zero-order valence-electron chi connectivity index (χ0n) is 13.9. The summed E-state index contributed by atoms with van der Waals surface area (Å²) in [5.41, 5.74) is 0.495. The van der Waals surface area contributed by atoms with Crippen molar-refractivity contribution in [3.8, 4) is 0 Å². The van der Waals surface area contributed by atoms with Gasteiger partial charge in [0.05, 0.1) is 18.2 Å². The van der Waals surface area contributed by atoms with Gasteiger partial charge in [0.1, 0.15) is 10.6 Å². The van der Waals surface area contributed by atoms with Gasteiger partial charge in [-0.15, -0.1) is 11.3 Å². The number of nitrogens with zero attached hydrogens (tertiary/aromatic N) is 2. The van der Waals surface area contributed by atoms with Crippen LogP contribution < -0.4 is 11.1 Å². The topological polar surface area (TPSA) is 96.7 Å². The molecule has 9 heteroatoms. The molecular formula is C17H16N4O3S2. The van der Waals surface area contributed by atoms with Crippen LogP contribution in [0.1, 0.15) is 23.3 Å². The Kier molecular flexibility index (Phi) is 4.56. The molecule has 0 saturated carbocycles. The van der Waals surface area contributed by atoms with Crippen LogP contribution in [0.5, 0.6) is 0 Å². The lowest BCUT2D eigenvalue weighted by Gasteiger charge is -2.10.